The van der Waals surface area contributed by atoms with E-state index in [9.17, 15) is 0 Å². The van der Waals surface area contributed by atoms with E-state index in [1.165, 1.54) is 0 Å². The standard InChI is InChI=1S/C13H19N7/c1-4-15-13-17-11-10(7-16-19-11)12(18-13)20(5-2)8-9(3)6-14/h7,9H,4-5,8H2,1-3H3,(H2,15,16,17,18,19). The lowest BCUT2D eigenvalue weighted by Crippen LogP contribution is -2.29. The van der Waals surface area contributed by atoms with Gasteiger partial charge < -0.3 is 10.2 Å². The largest absolute Gasteiger partial charge is 0.355 e. The molecule has 2 rings (SSSR count). The van der Waals surface area contributed by atoms with E-state index in [1.807, 2.05) is 20.8 Å². The fourth-order valence-corrected chi connectivity index (χ4v) is 2.03. The molecule has 0 aliphatic carbocycles. The van der Waals surface area contributed by atoms with Gasteiger partial charge in [0.15, 0.2) is 5.65 Å². The molecule has 0 radical (unpaired) electrons. The Kier molecular flexibility index (Phi) is 4.35. The number of anilines is 2. The van der Waals surface area contributed by atoms with Crippen LogP contribution in [0.5, 0.6) is 0 Å². The summed E-state index contributed by atoms with van der Waals surface area (Å²) in [4.78, 5) is 11.0. The molecule has 0 bridgehead atoms. The van der Waals surface area contributed by atoms with Crippen molar-refractivity contribution in [1.29, 1.82) is 5.26 Å². The van der Waals surface area contributed by atoms with Crippen LogP contribution in [-0.2, 0) is 0 Å². The molecule has 1 atom stereocenters. The summed E-state index contributed by atoms with van der Waals surface area (Å²) in [6.45, 7) is 8.10. The van der Waals surface area contributed by atoms with E-state index in [4.69, 9.17) is 5.26 Å². The monoisotopic (exact) mass is 273 g/mol. The summed E-state index contributed by atoms with van der Waals surface area (Å²) >= 11 is 0. The number of hydrogen-bond acceptors (Lipinski definition) is 6. The molecule has 2 aromatic heterocycles. The Hall–Kier alpha value is -2.36. The molecule has 1 unspecified atom stereocenters. The van der Waals surface area contributed by atoms with Gasteiger partial charge in [-0.05, 0) is 20.8 Å². The van der Waals surface area contributed by atoms with Gasteiger partial charge in [0.05, 0.1) is 23.6 Å². The molecule has 20 heavy (non-hydrogen) atoms. The van der Waals surface area contributed by atoms with Crippen molar-refractivity contribution < 1.29 is 0 Å². The second-order valence-corrected chi connectivity index (χ2v) is 4.60. The summed E-state index contributed by atoms with van der Waals surface area (Å²) < 4.78 is 0. The number of nitrogens with one attached hydrogen (secondary N) is 2. The van der Waals surface area contributed by atoms with E-state index in [0.29, 0.717) is 18.1 Å². The fraction of sp³-hybridized carbons (Fsp3) is 0.538. The van der Waals surface area contributed by atoms with Crippen molar-refractivity contribution in [3.05, 3.63) is 6.20 Å². The van der Waals surface area contributed by atoms with Crippen molar-refractivity contribution in [2.24, 2.45) is 5.92 Å². The number of hydrogen-bond donors (Lipinski definition) is 2. The summed E-state index contributed by atoms with van der Waals surface area (Å²) in [5.41, 5.74) is 0.703. The van der Waals surface area contributed by atoms with E-state index in [1.54, 1.807) is 6.20 Å². The van der Waals surface area contributed by atoms with E-state index < -0.39 is 0 Å². The molecular weight excluding hydrogens is 254 g/mol. The minimum atomic E-state index is -0.0607. The molecule has 0 aliphatic rings. The third kappa shape index (κ3) is 2.79. The first-order chi connectivity index (χ1) is 9.69. The Morgan fingerprint density at radius 1 is 1.45 bits per heavy atom. The minimum absolute atomic E-state index is 0.0607. The molecule has 0 saturated carbocycles. The lowest BCUT2D eigenvalue weighted by atomic mass is 10.2. The molecule has 0 aromatic carbocycles. The molecule has 0 spiro atoms. The maximum absolute atomic E-state index is 9.00. The zero-order chi connectivity index (χ0) is 14.5. The van der Waals surface area contributed by atoms with Crippen LogP contribution in [0.1, 0.15) is 20.8 Å². The van der Waals surface area contributed by atoms with Gasteiger partial charge in [0.1, 0.15) is 5.82 Å². The van der Waals surface area contributed by atoms with Gasteiger partial charge in [0.2, 0.25) is 5.95 Å². The molecule has 0 aliphatic heterocycles. The van der Waals surface area contributed by atoms with Gasteiger partial charge in [-0.2, -0.15) is 20.3 Å². The van der Waals surface area contributed by atoms with Crippen molar-refractivity contribution >= 4 is 22.8 Å². The molecule has 106 valence electrons. The number of H-pyrrole nitrogens is 1. The highest BCUT2D eigenvalue weighted by molar-refractivity contribution is 5.87. The summed E-state index contributed by atoms with van der Waals surface area (Å²) in [6, 6.07) is 2.26. The maximum Gasteiger partial charge on any atom is 0.226 e. The predicted molar refractivity (Wildman–Crippen MR) is 78.5 cm³/mol. The summed E-state index contributed by atoms with van der Waals surface area (Å²) in [6.07, 6.45) is 1.72. The average Bonchev–Trinajstić information content (AvgIpc) is 2.92. The molecule has 0 saturated heterocycles. The van der Waals surface area contributed by atoms with Gasteiger partial charge in [-0.25, -0.2) is 0 Å². The van der Waals surface area contributed by atoms with E-state index in [0.717, 1.165) is 24.3 Å². The Morgan fingerprint density at radius 2 is 2.25 bits per heavy atom. The summed E-state index contributed by atoms with van der Waals surface area (Å²) in [7, 11) is 0. The van der Waals surface area contributed by atoms with Crippen molar-refractivity contribution in [3.8, 4) is 6.07 Å². The maximum atomic E-state index is 9.00. The second kappa shape index (κ2) is 6.19. The van der Waals surface area contributed by atoms with Crippen LogP contribution in [0.25, 0.3) is 11.0 Å². The zero-order valence-corrected chi connectivity index (χ0v) is 12.0. The van der Waals surface area contributed by atoms with Gasteiger partial charge in [-0.15, -0.1) is 0 Å². The van der Waals surface area contributed by atoms with Crippen molar-refractivity contribution in [2.75, 3.05) is 29.9 Å². The summed E-state index contributed by atoms with van der Waals surface area (Å²) in [5, 5.41) is 19.9. The molecule has 2 aromatic rings. The molecule has 2 N–H and O–H groups in total. The van der Waals surface area contributed by atoms with Crippen molar-refractivity contribution in [2.45, 2.75) is 20.8 Å². The number of aromatic nitrogens is 4. The van der Waals surface area contributed by atoms with Crippen molar-refractivity contribution in [1.82, 2.24) is 20.2 Å². The Bertz CT molecular complexity index is 613. The van der Waals surface area contributed by atoms with E-state index in [2.05, 4.69) is 36.5 Å². The van der Waals surface area contributed by atoms with E-state index >= 15 is 0 Å². The van der Waals surface area contributed by atoms with Crippen LogP contribution in [0, 0.1) is 17.2 Å². The molecule has 2 heterocycles. The fourth-order valence-electron chi connectivity index (χ4n) is 2.03. The lowest BCUT2D eigenvalue weighted by molar-refractivity contribution is 0.681. The average molecular weight is 273 g/mol. The number of nitriles is 1. The number of aromatic amines is 1. The van der Waals surface area contributed by atoms with Crippen LogP contribution >= 0.6 is 0 Å². The highest BCUT2D eigenvalue weighted by atomic mass is 15.3. The molecule has 7 heteroatoms. The van der Waals surface area contributed by atoms with Gasteiger partial charge in [0.25, 0.3) is 0 Å². The Morgan fingerprint density at radius 3 is 2.90 bits per heavy atom. The Balaban J connectivity index is 2.44. The normalized spacial score (nSPS) is 12.1. The molecule has 0 fully saturated rings. The van der Waals surface area contributed by atoms with Crippen LogP contribution in [0.2, 0.25) is 0 Å². The van der Waals surface area contributed by atoms with Gasteiger partial charge >= 0.3 is 0 Å². The third-order valence-corrected chi connectivity index (χ3v) is 3.02. The first-order valence-corrected chi connectivity index (χ1v) is 6.79. The Labute approximate surface area is 118 Å². The topological polar surface area (TPSA) is 93.5 Å². The van der Waals surface area contributed by atoms with E-state index in [-0.39, 0.29) is 5.92 Å². The highest BCUT2D eigenvalue weighted by Gasteiger charge is 2.16. The predicted octanol–water partition coefficient (Wildman–Crippen LogP) is 1.77. The second-order valence-electron chi connectivity index (χ2n) is 4.60. The first-order valence-electron chi connectivity index (χ1n) is 6.79. The van der Waals surface area contributed by atoms with Crippen LogP contribution < -0.4 is 10.2 Å². The molecule has 7 nitrogen and oxygen atoms in total. The van der Waals surface area contributed by atoms with Crippen molar-refractivity contribution in [3.63, 3.8) is 0 Å². The quantitative estimate of drug-likeness (QED) is 0.833. The van der Waals surface area contributed by atoms with Crippen LogP contribution in [0.4, 0.5) is 11.8 Å². The lowest BCUT2D eigenvalue weighted by Gasteiger charge is -2.23. The van der Waals surface area contributed by atoms with Gasteiger partial charge in [-0.3, -0.25) is 5.10 Å². The molecular formula is C13H19N7. The number of rotatable bonds is 6. The minimum Gasteiger partial charge on any atom is -0.355 e. The van der Waals surface area contributed by atoms with Gasteiger partial charge in [0, 0.05) is 19.6 Å². The van der Waals surface area contributed by atoms with Crippen LogP contribution in [0.15, 0.2) is 6.20 Å². The van der Waals surface area contributed by atoms with Crippen LogP contribution in [0.3, 0.4) is 0 Å². The zero-order valence-electron chi connectivity index (χ0n) is 12.0. The number of fused-ring (bicyclic) bond motifs is 1. The first kappa shape index (κ1) is 14.1. The van der Waals surface area contributed by atoms with Gasteiger partial charge in [-0.1, -0.05) is 0 Å². The third-order valence-electron chi connectivity index (χ3n) is 3.02. The van der Waals surface area contributed by atoms with Crippen LogP contribution in [-0.4, -0.2) is 39.8 Å². The SMILES string of the molecule is CCNc1nc(N(CC)CC(C)C#N)c2cn[nH]c2n1. The smallest absolute Gasteiger partial charge is 0.226 e. The summed E-state index contributed by atoms with van der Waals surface area (Å²) in [5.74, 6) is 1.32. The number of nitrogens with zero attached hydrogens (tertiary/aromatic N) is 5. The highest BCUT2D eigenvalue weighted by Crippen LogP contribution is 2.24. The molecule has 0 amide bonds.